The van der Waals surface area contributed by atoms with Gasteiger partial charge in [0.05, 0.1) is 10.9 Å². The van der Waals surface area contributed by atoms with Crippen LogP contribution in [0.5, 0.6) is 0 Å². The van der Waals surface area contributed by atoms with E-state index in [2.05, 4.69) is 123 Å². The first-order valence-electron chi connectivity index (χ1n) is 16.1. The molecule has 238 valence electrons. The van der Waals surface area contributed by atoms with Crippen LogP contribution in [0.1, 0.15) is 22.4 Å². The van der Waals surface area contributed by atoms with Crippen molar-refractivity contribution in [1.29, 1.82) is 0 Å². The summed E-state index contributed by atoms with van der Waals surface area (Å²) in [5, 5.41) is 17.9. The Bertz CT molecular complexity index is 2790. The van der Waals surface area contributed by atoms with Crippen molar-refractivity contribution >= 4 is 49.1 Å². The van der Waals surface area contributed by atoms with Crippen LogP contribution in [0.4, 0.5) is 0 Å². The van der Waals surface area contributed by atoms with E-state index >= 15 is 0 Å². The van der Waals surface area contributed by atoms with Gasteiger partial charge in [-0.3, -0.25) is 4.98 Å². The zero-order chi connectivity index (χ0) is 32.4. The minimum Gasteiger partial charge on any atom is -0.331 e. The van der Waals surface area contributed by atoms with E-state index in [1.165, 1.54) is 0 Å². The fraction of sp³-hybridized carbons (Fsp3) is 0.0238. The molecule has 5 aromatic carbocycles. The van der Waals surface area contributed by atoms with Crippen molar-refractivity contribution in [3.63, 3.8) is 0 Å². The molecule has 0 atom stereocenters. The van der Waals surface area contributed by atoms with Gasteiger partial charge in [-0.05, 0) is 63.1 Å². The molecule has 0 N–H and O–H groups in total. The second-order valence-electron chi connectivity index (χ2n) is 12.1. The maximum Gasteiger partial charge on any atom is 2.00 e. The van der Waals surface area contributed by atoms with Gasteiger partial charge in [0.1, 0.15) is 11.5 Å². The van der Waals surface area contributed by atoms with Gasteiger partial charge in [0.2, 0.25) is 0 Å². The molecular formula is C42H25N7Pt. The third kappa shape index (κ3) is 4.30. The van der Waals surface area contributed by atoms with Crippen LogP contribution in [0.25, 0.3) is 54.9 Å². The van der Waals surface area contributed by atoms with E-state index in [0.29, 0.717) is 5.65 Å². The molecule has 7 nitrogen and oxygen atoms in total. The maximum atomic E-state index is 5.29. The van der Waals surface area contributed by atoms with E-state index in [1.54, 1.807) is 4.52 Å². The van der Waals surface area contributed by atoms with Crippen LogP contribution in [0.15, 0.2) is 152 Å². The quantitative estimate of drug-likeness (QED) is 0.0993. The fourth-order valence-corrected chi connectivity index (χ4v) is 7.47. The van der Waals surface area contributed by atoms with Crippen molar-refractivity contribution in [1.82, 2.24) is 34.6 Å². The molecule has 5 aromatic heterocycles. The standard InChI is InChI=1S/C42H25N7.Pt/c1-3-13-28(14-4-1)42(29-15-5-2-6-16-29,30-22-23-31-32-17-8-10-20-37(32)49-41(34(31)25-30)45-46-47-49)39-26-38-35(27-44-39)33-18-7-9-19-36(33)48(38)40-21-11-12-24-43-40;/h1-24,27H;/q-2;+2. The molecule has 0 amide bonds. The summed E-state index contributed by atoms with van der Waals surface area (Å²) in [6.45, 7) is 0. The fourth-order valence-electron chi connectivity index (χ4n) is 7.47. The number of benzene rings is 5. The van der Waals surface area contributed by atoms with Gasteiger partial charge in [-0.25, -0.2) is 15.6 Å². The van der Waals surface area contributed by atoms with E-state index < -0.39 is 5.41 Å². The summed E-state index contributed by atoms with van der Waals surface area (Å²) in [4.78, 5) is 10.1. The molecule has 10 aromatic rings. The summed E-state index contributed by atoms with van der Waals surface area (Å²) >= 11 is 0. The minimum absolute atomic E-state index is 0. The second kappa shape index (κ2) is 11.8. The Hall–Kier alpha value is -6.04. The number of fused-ring (bicyclic) bond motifs is 9. The van der Waals surface area contributed by atoms with Gasteiger partial charge in [0.25, 0.3) is 0 Å². The largest absolute Gasteiger partial charge is 2.00 e. The zero-order valence-corrected chi connectivity index (χ0v) is 28.7. The number of para-hydroxylation sites is 2. The van der Waals surface area contributed by atoms with Gasteiger partial charge >= 0.3 is 21.1 Å². The van der Waals surface area contributed by atoms with Crippen molar-refractivity contribution in [2.24, 2.45) is 0 Å². The minimum atomic E-state index is -0.910. The molecule has 10 rings (SSSR count). The molecule has 0 aliphatic heterocycles. The third-order valence-corrected chi connectivity index (χ3v) is 9.59. The summed E-state index contributed by atoms with van der Waals surface area (Å²) in [5.74, 6) is 0.818. The van der Waals surface area contributed by atoms with E-state index in [0.717, 1.165) is 71.7 Å². The molecule has 0 bridgehead atoms. The normalized spacial score (nSPS) is 11.8. The number of tetrazole rings is 1. The first kappa shape index (κ1) is 30.0. The van der Waals surface area contributed by atoms with Crippen LogP contribution < -0.4 is 0 Å². The van der Waals surface area contributed by atoms with Gasteiger partial charge in [-0.2, -0.15) is 5.10 Å². The number of pyridine rings is 3. The van der Waals surface area contributed by atoms with Crippen LogP contribution in [0, 0.1) is 12.1 Å². The molecule has 0 saturated heterocycles. The van der Waals surface area contributed by atoms with Crippen molar-refractivity contribution in [2.75, 3.05) is 0 Å². The van der Waals surface area contributed by atoms with E-state index in [-0.39, 0.29) is 21.1 Å². The summed E-state index contributed by atoms with van der Waals surface area (Å²) in [6, 6.07) is 55.6. The topological polar surface area (TPSA) is 73.8 Å². The van der Waals surface area contributed by atoms with Gasteiger partial charge in [-0.1, -0.05) is 119 Å². The average Bonchev–Trinajstić information content (AvgIpc) is 3.80. The molecule has 50 heavy (non-hydrogen) atoms. The van der Waals surface area contributed by atoms with Crippen LogP contribution >= 0.6 is 0 Å². The zero-order valence-electron chi connectivity index (χ0n) is 26.4. The molecule has 8 heteroatoms. The molecule has 0 unspecified atom stereocenters. The van der Waals surface area contributed by atoms with E-state index in [4.69, 9.17) is 9.97 Å². The first-order valence-corrected chi connectivity index (χ1v) is 16.1. The van der Waals surface area contributed by atoms with E-state index in [1.807, 2.05) is 60.9 Å². The second-order valence-corrected chi connectivity index (χ2v) is 12.1. The molecular weight excluding hydrogens is 798 g/mol. The van der Waals surface area contributed by atoms with Crippen molar-refractivity contribution < 1.29 is 21.1 Å². The number of nitrogens with zero attached hydrogens (tertiary/aromatic N) is 7. The summed E-state index contributed by atoms with van der Waals surface area (Å²) < 4.78 is 3.98. The van der Waals surface area contributed by atoms with Crippen molar-refractivity contribution in [3.05, 3.63) is 186 Å². The van der Waals surface area contributed by atoms with Gasteiger partial charge < -0.3 is 4.57 Å². The predicted octanol–water partition coefficient (Wildman–Crippen LogP) is 8.30. The molecule has 0 fully saturated rings. The molecule has 5 heterocycles. The van der Waals surface area contributed by atoms with Crippen LogP contribution in [0.2, 0.25) is 0 Å². The summed E-state index contributed by atoms with van der Waals surface area (Å²) in [7, 11) is 0. The van der Waals surface area contributed by atoms with Crippen molar-refractivity contribution in [2.45, 2.75) is 5.41 Å². The van der Waals surface area contributed by atoms with Gasteiger partial charge in [0.15, 0.2) is 0 Å². The Morgan fingerprint density at radius 3 is 1.94 bits per heavy atom. The summed E-state index contributed by atoms with van der Waals surface area (Å²) in [6.07, 6.45) is 3.81. The molecule has 0 spiro atoms. The first-order chi connectivity index (χ1) is 24.3. The maximum absolute atomic E-state index is 5.29. The van der Waals surface area contributed by atoms with Gasteiger partial charge in [-0.15, -0.1) is 34.7 Å². The Labute approximate surface area is 301 Å². The smallest absolute Gasteiger partial charge is 0.331 e. The predicted molar refractivity (Wildman–Crippen MR) is 192 cm³/mol. The Morgan fingerprint density at radius 1 is 0.560 bits per heavy atom. The molecule has 0 aliphatic rings. The Kier molecular flexibility index (Phi) is 7.11. The number of hydrogen-bond acceptors (Lipinski definition) is 5. The van der Waals surface area contributed by atoms with Crippen LogP contribution in [-0.4, -0.2) is 34.6 Å². The molecule has 0 radical (unpaired) electrons. The van der Waals surface area contributed by atoms with E-state index in [9.17, 15) is 0 Å². The van der Waals surface area contributed by atoms with Crippen LogP contribution in [-0.2, 0) is 26.5 Å². The van der Waals surface area contributed by atoms with Crippen LogP contribution in [0.3, 0.4) is 0 Å². The SMILES string of the molecule is [Pt+2].[c-]1c(C(c2ccccc2)(c2ccccc2)c2[c-]c3c(cn2)c2ccccc2n3-c2ccccn2)ccc2c1c1nnnn1c1ccccc21. The Balaban J connectivity index is 0.00000336. The number of rotatable bonds is 5. The van der Waals surface area contributed by atoms with Gasteiger partial charge in [0, 0.05) is 11.7 Å². The average molecular weight is 823 g/mol. The molecule has 0 saturated carbocycles. The summed E-state index contributed by atoms with van der Waals surface area (Å²) in [5.41, 5.74) is 6.34. The van der Waals surface area contributed by atoms with Crippen molar-refractivity contribution in [3.8, 4) is 5.82 Å². The molecule has 0 aliphatic carbocycles. The number of aromatic nitrogens is 7. The monoisotopic (exact) mass is 822 g/mol. The Morgan fingerprint density at radius 2 is 1.22 bits per heavy atom. The number of hydrogen-bond donors (Lipinski definition) is 0. The third-order valence-electron chi connectivity index (χ3n) is 9.59.